The van der Waals surface area contributed by atoms with Crippen LogP contribution in [0.3, 0.4) is 0 Å². The van der Waals surface area contributed by atoms with Gasteiger partial charge in [0, 0.05) is 17.1 Å². The summed E-state index contributed by atoms with van der Waals surface area (Å²) < 4.78 is 41.7. The van der Waals surface area contributed by atoms with Gasteiger partial charge in [0.05, 0.1) is 17.8 Å². The summed E-state index contributed by atoms with van der Waals surface area (Å²) >= 11 is 0. The quantitative estimate of drug-likeness (QED) is 0.761. The van der Waals surface area contributed by atoms with Crippen LogP contribution in [0.4, 0.5) is 10.1 Å². The van der Waals surface area contributed by atoms with Gasteiger partial charge < -0.3 is 5.11 Å². The van der Waals surface area contributed by atoms with Gasteiger partial charge in [0.15, 0.2) is 0 Å². The zero-order valence-corrected chi connectivity index (χ0v) is 13.6. The molecule has 0 aliphatic carbocycles. The van der Waals surface area contributed by atoms with E-state index in [4.69, 9.17) is 0 Å². The largest absolute Gasteiger partial charge is 0.392 e. The summed E-state index contributed by atoms with van der Waals surface area (Å²) in [6.07, 6.45) is 1.57. The van der Waals surface area contributed by atoms with Crippen molar-refractivity contribution in [3.63, 3.8) is 0 Å². The van der Waals surface area contributed by atoms with Crippen LogP contribution in [0.1, 0.15) is 11.1 Å². The van der Waals surface area contributed by atoms with Gasteiger partial charge in [0.2, 0.25) is 0 Å². The average Bonchev–Trinajstić information content (AvgIpc) is 2.55. The second-order valence-corrected chi connectivity index (χ2v) is 7.03. The molecule has 3 aromatic rings. The topological polar surface area (TPSA) is 79.3 Å². The molecule has 5 nitrogen and oxygen atoms in total. The van der Waals surface area contributed by atoms with E-state index in [2.05, 4.69) is 9.71 Å². The number of aliphatic hydroxyl groups excluding tert-OH is 1. The molecule has 2 N–H and O–H groups in total. The molecule has 0 unspecified atom stereocenters. The van der Waals surface area contributed by atoms with Crippen LogP contribution in [0.25, 0.3) is 10.9 Å². The lowest BCUT2D eigenvalue weighted by Gasteiger charge is -2.13. The number of pyridine rings is 1. The fourth-order valence-electron chi connectivity index (χ4n) is 2.46. The molecule has 0 atom stereocenters. The summed E-state index contributed by atoms with van der Waals surface area (Å²) in [7, 11) is -4.07. The molecule has 2 aromatic carbocycles. The van der Waals surface area contributed by atoms with E-state index in [1.807, 2.05) is 13.0 Å². The second-order valence-electron chi connectivity index (χ2n) is 5.38. The molecule has 1 heterocycles. The Bertz CT molecular complexity index is 1020. The predicted molar refractivity (Wildman–Crippen MR) is 89.6 cm³/mol. The third-order valence-electron chi connectivity index (χ3n) is 3.61. The van der Waals surface area contributed by atoms with Gasteiger partial charge in [-0.2, -0.15) is 0 Å². The Labute approximate surface area is 138 Å². The van der Waals surface area contributed by atoms with Gasteiger partial charge in [0.1, 0.15) is 10.7 Å². The SMILES string of the molecule is Cc1cnc2c(S(=O)(=O)Nc3c(F)cccc3CO)cccc2c1. The lowest BCUT2D eigenvalue weighted by atomic mass is 10.2. The molecule has 0 saturated carbocycles. The Morgan fingerprint density at radius 3 is 2.71 bits per heavy atom. The number of aliphatic hydroxyl groups is 1. The summed E-state index contributed by atoms with van der Waals surface area (Å²) in [6, 6.07) is 10.6. The molecule has 24 heavy (non-hydrogen) atoms. The first kappa shape index (κ1) is 16.4. The molecule has 3 rings (SSSR count). The van der Waals surface area contributed by atoms with Gasteiger partial charge in [0.25, 0.3) is 10.0 Å². The summed E-state index contributed by atoms with van der Waals surface area (Å²) in [5, 5.41) is 9.97. The van der Waals surface area contributed by atoms with Crippen LogP contribution < -0.4 is 4.72 Å². The van der Waals surface area contributed by atoms with E-state index in [0.717, 1.165) is 11.6 Å². The zero-order valence-electron chi connectivity index (χ0n) is 12.8. The summed E-state index contributed by atoms with van der Waals surface area (Å²) in [6.45, 7) is 1.38. The standard InChI is InChI=1S/C17H15FN2O3S/c1-11-8-12-4-3-7-15(17(12)19-9-11)24(22,23)20-16-13(10-21)5-2-6-14(16)18/h2-9,20-21H,10H2,1H3. The van der Waals surface area contributed by atoms with Crippen LogP contribution in [0.2, 0.25) is 0 Å². The molecule has 0 radical (unpaired) electrons. The van der Waals surface area contributed by atoms with Gasteiger partial charge in [-0.15, -0.1) is 0 Å². The Morgan fingerprint density at radius 1 is 1.21 bits per heavy atom. The Balaban J connectivity index is 2.13. The minimum absolute atomic E-state index is 0.0489. The van der Waals surface area contributed by atoms with Crippen molar-refractivity contribution in [3.8, 4) is 0 Å². The first-order valence-electron chi connectivity index (χ1n) is 7.19. The molecule has 0 amide bonds. The lowest BCUT2D eigenvalue weighted by Crippen LogP contribution is -2.16. The maximum atomic E-state index is 14.0. The number of nitrogens with one attached hydrogen (secondary N) is 1. The fraction of sp³-hybridized carbons (Fsp3) is 0.118. The first-order chi connectivity index (χ1) is 11.4. The first-order valence-corrected chi connectivity index (χ1v) is 8.67. The van der Waals surface area contributed by atoms with Gasteiger partial charge in [-0.1, -0.05) is 24.3 Å². The van der Waals surface area contributed by atoms with Crippen molar-refractivity contribution in [3.05, 3.63) is 65.6 Å². The van der Waals surface area contributed by atoms with Gasteiger partial charge in [-0.25, -0.2) is 12.8 Å². The van der Waals surface area contributed by atoms with Crippen LogP contribution in [0.5, 0.6) is 0 Å². The molecule has 7 heteroatoms. The number of sulfonamides is 1. The highest BCUT2D eigenvalue weighted by molar-refractivity contribution is 7.93. The molecule has 1 aromatic heterocycles. The van der Waals surface area contributed by atoms with E-state index in [1.54, 1.807) is 18.3 Å². The van der Waals surface area contributed by atoms with E-state index in [9.17, 15) is 17.9 Å². The minimum atomic E-state index is -4.07. The van der Waals surface area contributed by atoms with E-state index in [-0.39, 0.29) is 16.1 Å². The third kappa shape index (κ3) is 2.95. The zero-order chi connectivity index (χ0) is 17.3. The Morgan fingerprint density at radius 2 is 1.96 bits per heavy atom. The Hall–Kier alpha value is -2.51. The average molecular weight is 346 g/mol. The number of aromatic nitrogens is 1. The number of aryl methyl sites for hydroxylation is 1. The number of hydrogen-bond acceptors (Lipinski definition) is 4. The number of para-hydroxylation sites is 2. The molecular formula is C17H15FN2O3S. The second kappa shape index (κ2) is 6.18. The number of halogens is 1. The van der Waals surface area contributed by atoms with Gasteiger partial charge >= 0.3 is 0 Å². The number of rotatable bonds is 4. The van der Waals surface area contributed by atoms with Crippen LogP contribution in [-0.4, -0.2) is 18.5 Å². The maximum Gasteiger partial charge on any atom is 0.264 e. The fourth-order valence-corrected chi connectivity index (χ4v) is 3.75. The molecular weight excluding hydrogens is 331 g/mol. The van der Waals surface area contributed by atoms with Crippen LogP contribution in [0.15, 0.2) is 53.6 Å². The number of anilines is 1. The number of fused-ring (bicyclic) bond motifs is 1. The maximum absolute atomic E-state index is 14.0. The van der Waals surface area contributed by atoms with Crippen molar-refractivity contribution in [1.82, 2.24) is 4.98 Å². The predicted octanol–water partition coefficient (Wildman–Crippen LogP) is 2.98. The van der Waals surface area contributed by atoms with Crippen molar-refractivity contribution >= 4 is 26.6 Å². The van der Waals surface area contributed by atoms with E-state index < -0.39 is 22.4 Å². The summed E-state index contributed by atoms with van der Waals surface area (Å²) in [4.78, 5) is 4.14. The number of hydrogen-bond donors (Lipinski definition) is 2. The van der Waals surface area contributed by atoms with Crippen molar-refractivity contribution in [2.75, 3.05) is 4.72 Å². The summed E-state index contributed by atoms with van der Waals surface area (Å²) in [5.74, 6) is -0.755. The molecule has 0 spiro atoms. The number of nitrogens with zero attached hydrogens (tertiary/aromatic N) is 1. The lowest BCUT2D eigenvalue weighted by molar-refractivity contribution is 0.282. The molecule has 124 valence electrons. The highest BCUT2D eigenvalue weighted by Gasteiger charge is 2.21. The van der Waals surface area contributed by atoms with Crippen molar-refractivity contribution in [2.45, 2.75) is 18.4 Å². The van der Waals surface area contributed by atoms with Crippen LogP contribution >= 0.6 is 0 Å². The van der Waals surface area contributed by atoms with E-state index in [1.165, 1.54) is 18.2 Å². The normalized spacial score (nSPS) is 11.6. The van der Waals surface area contributed by atoms with Crippen molar-refractivity contribution in [2.24, 2.45) is 0 Å². The van der Waals surface area contributed by atoms with E-state index >= 15 is 0 Å². The van der Waals surface area contributed by atoms with E-state index in [0.29, 0.717) is 10.9 Å². The van der Waals surface area contributed by atoms with Gasteiger partial charge in [-0.3, -0.25) is 9.71 Å². The Kier molecular flexibility index (Phi) is 4.21. The van der Waals surface area contributed by atoms with Crippen molar-refractivity contribution < 1.29 is 17.9 Å². The molecule has 0 saturated heterocycles. The molecule has 0 bridgehead atoms. The third-order valence-corrected chi connectivity index (χ3v) is 4.99. The smallest absolute Gasteiger partial charge is 0.264 e. The molecule has 0 fully saturated rings. The number of benzene rings is 2. The molecule has 0 aliphatic rings. The van der Waals surface area contributed by atoms with Gasteiger partial charge in [-0.05, 0) is 30.7 Å². The summed E-state index contributed by atoms with van der Waals surface area (Å²) in [5.41, 5.74) is 1.10. The highest BCUT2D eigenvalue weighted by Crippen LogP contribution is 2.27. The van der Waals surface area contributed by atoms with Crippen molar-refractivity contribution in [1.29, 1.82) is 0 Å². The minimum Gasteiger partial charge on any atom is -0.392 e. The monoisotopic (exact) mass is 346 g/mol. The highest BCUT2D eigenvalue weighted by atomic mass is 32.2. The molecule has 0 aliphatic heterocycles. The van der Waals surface area contributed by atoms with Crippen LogP contribution in [0, 0.1) is 12.7 Å². The van der Waals surface area contributed by atoms with Crippen LogP contribution in [-0.2, 0) is 16.6 Å².